The first-order chi connectivity index (χ1) is 9.63. The molecule has 0 saturated heterocycles. The molecule has 0 aliphatic heterocycles. The lowest BCUT2D eigenvalue weighted by atomic mass is 10.1. The van der Waals surface area contributed by atoms with E-state index in [1.54, 1.807) is 7.11 Å². The molecule has 0 atom stereocenters. The van der Waals surface area contributed by atoms with Crippen LogP contribution in [0, 0.1) is 0 Å². The first-order valence-electron chi connectivity index (χ1n) is 6.48. The molecule has 0 bridgehead atoms. The molecule has 106 valence electrons. The second-order valence-electron chi connectivity index (χ2n) is 4.46. The summed E-state index contributed by atoms with van der Waals surface area (Å²) in [6.45, 7) is 2.82. The summed E-state index contributed by atoms with van der Waals surface area (Å²) >= 11 is 9.55. The Balaban J connectivity index is 2.18. The van der Waals surface area contributed by atoms with E-state index in [0.717, 1.165) is 27.9 Å². The second-order valence-corrected chi connectivity index (χ2v) is 5.82. The van der Waals surface area contributed by atoms with E-state index in [1.165, 1.54) is 5.56 Å². The van der Waals surface area contributed by atoms with E-state index in [9.17, 15) is 0 Å². The van der Waals surface area contributed by atoms with Crippen LogP contribution in [-0.2, 0) is 13.0 Å². The summed E-state index contributed by atoms with van der Waals surface area (Å²) in [5.41, 5.74) is 3.46. The van der Waals surface area contributed by atoms with Gasteiger partial charge in [-0.25, -0.2) is 0 Å². The van der Waals surface area contributed by atoms with E-state index in [0.29, 0.717) is 11.6 Å². The molecule has 0 spiro atoms. The van der Waals surface area contributed by atoms with Gasteiger partial charge in [-0.2, -0.15) is 0 Å². The van der Waals surface area contributed by atoms with Crippen LogP contribution in [0.4, 0.5) is 5.69 Å². The fourth-order valence-corrected chi connectivity index (χ4v) is 2.71. The Kier molecular flexibility index (Phi) is 5.32. The third-order valence-corrected chi connectivity index (χ3v) is 3.89. The molecular formula is C16H17BrClNO. The molecule has 0 fully saturated rings. The van der Waals surface area contributed by atoms with Crippen LogP contribution >= 0.6 is 27.5 Å². The van der Waals surface area contributed by atoms with Crippen molar-refractivity contribution in [3.63, 3.8) is 0 Å². The standard InChI is InChI=1S/C16H17BrClNO/c1-3-11-8-13(17)4-6-15(11)19-10-12-9-14(18)5-7-16(12)20-2/h4-9,19H,3,10H2,1-2H3. The van der Waals surface area contributed by atoms with Gasteiger partial charge in [-0.3, -0.25) is 0 Å². The number of ether oxygens (including phenoxy) is 1. The maximum atomic E-state index is 6.05. The van der Waals surface area contributed by atoms with Crippen molar-refractivity contribution < 1.29 is 4.74 Å². The van der Waals surface area contributed by atoms with Gasteiger partial charge in [0.2, 0.25) is 0 Å². The van der Waals surface area contributed by atoms with Gasteiger partial charge in [0.1, 0.15) is 5.75 Å². The Hall–Kier alpha value is -1.19. The first-order valence-corrected chi connectivity index (χ1v) is 7.66. The van der Waals surface area contributed by atoms with Gasteiger partial charge in [0.25, 0.3) is 0 Å². The molecule has 0 saturated carbocycles. The summed E-state index contributed by atoms with van der Waals surface area (Å²) in [6.07, 6.45) is 0.981. The maximum absolute atomic E-state index is 6.05. The van der Waals surface area contributed by atoms with Gasteiger partial charge >= 0.3 is 0 Å². The van der Waals surface area contributed by atoms with Crippen molar-refractivity contribution in [3.05, 3.63) is 57.0 Å². The number of benzene rings is 2. The molecule has 0 aliphatic carbocycles. The number of hydrogen-bond donors (Lipinski definition) is 1. The maximum Gasteiger partial charge on any atom is 0.123 e. The minimum absolute atomic E-state index is 0.679. The fraction of sp³-hybridized carbons (Fsp3) is 0.250. The van der Waals surface area contributed by atoms with E-state index in [-0.39, 0.29) is 0 Å². The zero-order valence-corrected chi connectivity index (χ0v) is 13.9. The quantitative estimate of drug-likeness (QED) is 0.788. The van der Waals surface area contributed by atoms with Crippen LogP contribution in [0.1, 0.15) is 18.1 Å². The number of nitrogens with one attached hydrogen (secondary N) is 1. The average Bonchev–Trinajstić information content (AvgIpc) is 2.46. The number of halogens is 2. The average molecular weight is 355 g/mol. The SMILES string of the molecule is CCc1cc(Br)ccc1NCc1cc(Cl)ccc1OC. The first kappa shape index (κ1) is 15.2. The van der Waals surface area contributed by atoms with Crippen molar-refractivity contribution in [2.75, 3.05) is 12.4 Å². The Bertz CT molecular complexity index is 601. The molecule has 20 heavy (non-hydrogen) atoms. The van der Waals surface area contributed by atoms with Gasteiger partial charge in [-0.1, -0.05) is 34.5 Å². The number of anilines is 1. The highest BCUT2D eigenvalue weighted by Crippen LogP contribution is 2.26. The Labute approximate surface area is 133 Å². The van der Waals surface area contributed by atoms with E-state index in [1.807, 2.05) is 24.3 Å². The van der Waals surface area contributed by atoms with Gasteiger partial charge in [-0.15, -0.1) is 0 Å². The van der Waals surface area contributed by atoms with Crippen molar-refractivity contribution in [1.82, 2.24) is 0 Å². The van der Waals surface area contributed by atoms with Crippen LogP contribution in [0.25, 0.3) is 0 Å². The van der Waals surface area contributed by atoms with Crippen molar-refractivity contribution >= 4 is 33.2 Å². The summed E-state index contributed by atoms with van der Waals surface area (Å²) in [7, 11) is 1.67. The lowest BCUT2D eigenvalue weighted by molar-refractivity contribution is 0.410. The van der Waals surface area contributed by atoms with Gasteiger partial charge < -0.3 is 10.1 Å². The topological polar surface area (TPSA) is 21.3 Å². The largest absolute Gasteiger partial charge is 0.496 e. The molecule has 0 heterocycles. The van der Waals surface area contributed by atoms with E-state index in [4.69, 9.17) is 16.3 Å². The molecule has 2 aromatic rings. The predicted octanol–water partition coefficient (Wildman–Crippen LogP) is 5.29. The lowest BCUT2D eigenvalue weighted by Gasteiger charge is -2.14. The minimum Gasteiger partial charge on any atom is -0.496 e. The Morgan fingerprint density at radius 3 is 2.65 bits per heavy atom. The number of aryl methyl sites for hydroxylation is 1. The van der Waals surface area contributed by atoms with Gasteiger partial charge in [0.05, 0.1) is 7.11 Å². The number of methoxy groups -OCH3 is 1. The summed E-state index contributed by atoms with van der Waals surface area (Å²) in [5, 5.41) is 4.17. The normalized spacial score (nSPS) is 10.4. The van der Waals surface area contributed by atoms with Gasteiger partial charge in [0.15, 0.2) is 0 Å². The Morgan fingerprint density at radius 2 is 1.95 bits per heavy atom. The molecule has 2 nitrogen and oxygen atoms in total. The summed E-state index contributed by atoms with van der Waals surface area (Å²) < 4.78 is 6.46. The van der Waals surface area contributed by atoms with Crippen LogP contribution in [0.15, 0.2) is 40.9 Å². The molecular weight excluding hydrogens is 338 g/mol. The second kappa shape index (κ2) is 7.00. The molecule has 0 radical (unpaired) electrons. The van der Waals surface area contributed by atoms with Crippen LogP contribution < -0.4 is 10.1 Å². The molecule has 4 heteroatoms. The van der Waals surface area contributed by atoms with Crippen LogP contribution in [0.3, 0.4) is 0 Å². The minimum atomic E-state index is 0.679. The molecule has 1 N–H and O–H groups in total. The molecule has 0 aliphatic rings. The van der Waals surface area contributed by atoms with E-state index < -0.39 is 0 Å². The van der Waals surface area contributed by atoms with Crippen LogP contribution in [0.5, 0.6) is 5.75 Å². The lowest BCUT2D eigenvalue weighted by Crippen LogP contribution is -2.04. The van der Waals surface area contributed by atoms with Gasteiger partial charge in [-0.05, 0) is 48.4 Å². The number of rotatable bonds is 5. The van der Waals surface area contributed by atoms with Crippen LogP contribution in [0.2, 0.25) is 5.02 Å². The van der Waals surface area contributed by atoms with Crippen molar-refractivity contribution in [2.45, 2.75) is 19.9 Å². The molecule has 0 amide bonds. The summed E-state index contributed by atoms with van der Waals surface area (Å²) in [5.74, 6) is 0.845. The molecule has 2 aromatic carbocycles. The van der Waals surface area contributed by atoms with E-state index in [2.05, 4.69) is 40.3 Å². The van der Waals surface area contributed by atoms with Crippen molar-refractivity contribution in [3.8, 4) is 5.75 Å². The third-order valence-electron chi connectivity index (χ3n) is 3.16. The highest BCUT2D eigenvalue weighted by Gasteiger charge is 2.06. The summed E-state index contributed by atoms with van der Waals surface area (Å²) in [6, 6.07) is 11.9. The van der Waals surface area contributed by atoms with Gasteiger partial charge in [0, 0.05) is 27.3 Å². The molecule has 0 aromatic heterocycles. The zero-order valence-electron chi connectivity index (χ0n) is 11.5. The highest BCUT2D eigenvalue weighted by molar-refractivity contribution is 9.10. The fourth-order valence-electron chi connectivity index (χ4n) is 2.10. The molecule has 0 unspecified atom stereocenters. The molecule has 2 rings (SSSR count). The van der Waals surface area contributed by atoms with Crippen molar-refractivity contribution in [1.29, 1.82) is 0 Å². The third kappa shape index (κ3) is 3.68. The monoisotopic (exact) mass is 353 g/mol. The Morgan fingerprint density at radius 1 is 1.15 bits per heavy atom. The predicted molar refractivity (Wildman–Crippen MR) is 88.9 cm³/mol. The smallest absolute Gasteiger partial charge is 0.123 e. The van der Waals surface area contributed by atoms with Crippen LogP contribution in [-0.4, -0.2) is 7.11 Å². The summed E-state index contributed by atoms with van der Waals surface area (Å²) in [4.78, 5) is 0. The van der Waals surface area contributed by atoms with E-state index >= 15 is 0 Å². The highest BCUT2D eigenvalue weighted by atomic mass is 79.9. The number of hydrogen-bond acceptors (Lipinski definition) is 2. The van der Waals surface area contributed by atoms with Crippen molar-refractivity contribution in [2.24, 2.45) is 0 Å². The zero-order chi connectivity index (χ0) is 14.5.